The van der Waals surface area contributed by atoms with Gasteiger partial charge in [-0.3, -0.25) is 0 Å². The van der Waals surface area contributed by atoms with Gasteiger partial charge in [-0.25, -0.2) is 4.39 Å². The summed E-state index contributed by atoms with van der Waals surface area (Å²) >= 11 is 5.70. The van der Waals surface area contributed by atoms with Crippen LogP contribution in [0.5, 0.6) is 5.75 Å². The zero-order chi connectivity index (χ0) is 15.2. The number of halogens is 2. The lowest BCUT2D eigenvalue weighted by molar-refractivity contribution is 0.300. The number of nitrogens with zero attached hydrogens (tertiary/aromatic N) is 1. The molecule has 2 aromatic rings. The van der Waals surface area contributed by atoms with E-state index in [-0.39, 0.29) is 12.4 Å². The molecule has 0 aromatic heterocycles. The highest BCUT2D eigenvalue weighted by Crippen LogP contribution is 2.18. The van der Waals surface area contributed by atoms with Crippen molar-refractivity contribution in [2.45, 2.75) is 20.0 Å². The summed E-state index contributed by atoms with van der Waals surface area (Å²) in [5.74, 6) is 0.223. The number of rotatable bonds is 5. The van der Waals surface area contributed by atoms with Crippen molar-refractivity contribution >= 4 is 17.3 Å². The number of hydrogen-bond donors (Lipinski definition) is 1. The minimum Gasteiger partial charge on any atom is -0.489 e. The number of benzene rings is 2. The van der Waals surface area contributed by atoms with Crippen LogP contribution in [0, 0.1) is 5.82 Å². The maximum atomic E-state index is 13.6. The molecule has 0 atom stereocenters. The first-order valence-corrected chi connectivity index (χ1v) is 6.90. The quantitative estimate of drug-likeness (QED) is 0.496. The van der Waals surface area contributed by atoms with E-state index in [9.17, 15) is 4.39 Å². The Labute approximate surface area is 127 Å². The predicted octanol–water partition coefficient (Wildman–Crippen LogP) is 4.65. The Hall–Kier alpha value is -2.07. The Morgan fingerprint density at radius 1 is 1.24 bits per heavy atom. The Kier molecular flexibility index (Phi) is 5.17. The first kappa shape index (κ1) is 15.3. The largest absolute Gasteiger partial charge is 0.489 e. The van der Waals surface area contributed by atoms with Crippen LogP contribution in [0.3, 0.4) is 0 Å². The van der Waals surface area contributed by atoms with Gasteiger partial charge in [0.05, 0.1) is 5.71 Å². The third kappa shape index (κ3) is 3.95. The van der Waals surface area contributed by atoms with E-state index in [1.54, 1.807) is 36.4 Å². The van der Waals surface area contributed by atoms with Gasteiger partial charge in [0.1, 0.15) is 18.2 Å². The lowest BCUT2D eigenvalue weighted by atomic mass is 10.1. The van der Waals surface area contributed by atoms with Crippen molar-refractivity contribution in [2.75, 3.05) is 0 Å². The van der Waals surface area contributed by atoms with Crippen molar-refractivity contribution < 1.29 is 14.3 Å². The first-order valence-electron chi connectivity index (χ1n) is 6.52. The molecule has 0 saturated heterocycles. The summed E-state index contributed by atoms with van der Waals surface area (Å²) in [6.45, 7) is 2.03. The molecule has 0 saturated carbocycles. The average Bonchev–Trinajstić information content (AvgIpc) is 2.49. The molecule has 0 aliphatic heterocycles. The highest BCUT2D eigenvalue weighted by atomic mass is 35.5. The summed E-state index contributed by atoms with van der Waals surface area (Å²) in [6.07, 6.45) is 0.632. The van der Waals surface area contributed by atoms with E-state index >= 15 is 0 Å². The number of ether oxygens (including phenoxy) is 1. The fourth-order valence-corrected chi connectivity index (χ4v) is 2.03. The van der Waals surface area contributed by atoms with Gasteiger partial charge in [0.15, 0.2) is 0 Å². The maximum absolute atomic E-state index is 13.6. The molecule has 0 spiro atoms. The number of oxime groups is 1. The molecule has 0 heterocycles. The van der Waals surface area contributed by atoms with Crippen molar-refractivity contribution in [1.29, 1.82) is 0 Å². The van der Waals surface area contributed by atoms with Crippen molar-refractivity contribution in [3.05, 3.63) is 64.4 Å². The molecule has 0 aliphatic rings. The lowest BCUT2D eigenvalue weighted by Crippen LogP contribution is -2.00. The van der Waals surface area contributed by atoms with E-state index in [1.807, 2.05) is 6.92 Å². The molecule has 3 nitrogen and oxygen atoms in total. The molecular weight excluding hydrogens is 293 g/mol. The Morgan fingerprint density at radius 2 is 1.95 bits per heavy atom. The van der Waals surface area contributed by atoms with Gasteiger partial charge in [0, 0.05) is 10.6 Å². The molecule has 110 valence electrons. The summed E-state index contributed by atoms with van der Waals surface area (Å²) in [5.41, 5.74) is 1.87. The lowest BCUT2D eigenvalue weighted by Gasteiger charge is -2.08. The van der Waals surface area contributed by atoms with E-state index in [1.165, 1.54) is 6.07 Å². The average molecular weight is 308 g/mol. The molecule has 1 N–H and O–H groups in total. The first-order chi connectivity index (χ1) is 10.1. The molecule has 0 radical (unpaired) electrons. The summed E-state index contributed by atoms with van der Waals surface area (Å²) in [7, 11) is 0. The van der Waals surface area contributed by atoms with E-state index in [0.717, 1.165) is 5.56 Å². The smallest absolute Gasteiger partial charge is 0.131 e. The normalized spacial score (nSPS) is 11.5. The Bertz CT molecular complexity index is 641. The van der Waals surface area contributed by atoms with Crippen LogP contribution in [0.15, 0.2) is 47.6 Å². The van der Waals surface area contributed by atoms with Gasteiger partial charge in [0.2, 0.25) is 0 Å². The second-order valence-corrected chi connectivity index (χ2v) is 4.89. The van der Waals surface area contributed by atoms with Crippen molar-refractivity contribution in [1.82, 2.24) is 0 Å². The zero-order valence-corrected chi connectivity index (χ0v) is 12.3. The standard InChI is InChI=1S/C16H15ClFNO2/c1-2-16(19-20)11-4-7-14(8-5-11)21-10-12-3-6-13(17)9-15(12)18/h3-9,20H,2,10H2,1H3/b19-16-. The van der Waals surface area contributed by atoms with Crippen molar-refractivity contribution in [3.63, 3.8) is 0 Å². The summed E-state index contributed by atoms with van der Waals surface area (Å²) in [6, 6.07) is 11.6. The van der Waals surface area contributed by atoms with Gasteiger partial charge in [0.25, 0.3) is 0 Å². The Balaban J connectivity index is 2.04. The molecule has 5 heteroatoms. The molecule has 0 amide bonds. The van der Waals surface area contributed by atoms with Crippen LogP contribution in [0.1, 0.15) is 24.5 Å². The van der Waals surface area contributed by atoms with Crippen LogP contribution in [0.25, 0.3) is 0 Å². The third-order valence-corrected chi connectivity index (χ3v) is 3.29. The van der Waals surface area contributed by atoms with Gasteiger partial charge in [-0.15, -0.1) is 0 Å². The Morgan fingerprint density at radius 3 is 2.52 bits per heavy atom. The van der Waals surface area contributed by atoms with Crippen molar-refractivity contribution in [2.24, 2.45) is 5.16 Å². The van der Waals surface area contributed by atoms with Crippen LogP contribution in [0.2, 0.25) is 5.02 Å². The van der Waals surface area contributed by atoms with Gasteiger partial charge in [-0.2, -0.15) is 0 Å². The summed E-state index contributed by atoms with van der Waals surface area (Å²) in [5, 5.41) is 12.4. The minimum atomic E-state index is -0.389. The number of hydrogen-bond acceptors (Lipinski definition) is 3. The van der Waals surface area contributed by atoms with Crippen LogP contribution in [-0.2, 0) is 6.61 Å². The minimum absolute atomic E-state index is 0.122. The third-order valence-electron chi connectivity index (χ3n) is 3.05. The van der Waals surface area contributed by atoms with Crippen molar-refractivity contribution in [3.8, 4) is 5.75 Å². The molecular formula is C16H15ClFNO2. The zero-order valence-electron chi connectivity index (χ0n) is 11.5. The molecule has 0 fully saturated rings. The van der Waals surface area contributed by atoms with E-state index in [4.69, 9.17) is 21.5 Å². The van der Waals surface area contributed by atoms with Crippen LogP contribution in [0.4, 0.5) is 4.39 Å². The topological polar surface area (TPSA) is 41.8 Å². The molecule has 21 heavy (non-hydrogen) atoms. The monoisotopic (exact) mass is 307 g/mol. The highest BCUT2D eigenvalue weighted by molar-refractivity contribution is 6.30. The van der Waals surface area contributed by atoms with Crippen LogP contribution in [-0.4, -0.2) is 10.9 Å². The summed E-state index contributed by atoms with van der Waals surface area (Å²) in [4.78, 5) is 0. The summed E-state index contributed by atoms with van der Waals surface area (Å²) < 4.78 is 19.1. The van der Waals surface area contributed by atoms with Crippen LogP contribution < -0.4 is 4.74 Å². The van der Waals surface area contributed by atoms with Gasteiger partial charge in [-0.05, 0) is 48.4 Å². The second-order valence-electron chi connectivity index (χ2n) is 4.45. The van der Waals surface area contributed by atoms with E-state index in [2.05, 4.69) is 5.16 Å². The SMILES string of the molecule is CC/C(=N/O)c1ccc(OCc2ccc(Cl)cc2F)cc1. The van der Waals surface area contributed by atoms with E-state index in [0.29, 0.717) is 28.5 Å². The molecule has 0 bridgehead atoms. The second kappa shape index (κ2) is 7.09. The molecule has 0 aliphatic carbocycles. The fourth-order valence-electron chi connectivity index (χ4n) is 1.88. The van der Waals surface area contributed by atoms with E-state index < -0.39 is 0 Å². The van der Waals surface area contributed by atoms with Gasteiger partial charge in [-0.1, -0.05) is 29.7 Å². The maximum Gasteiger partial charge on any atom is 0.131 e. The van der Waals surface area contributed by atoms with Gasteiger partial charge < -0.3 is 9.94 Å². The predicted molar refractivity (Wildman–Crippen MR) is 80.8 cm³/mol. The molecule has 0 unspecified atom stereocenters. The molecule has 2 rings (SSSR count). The van der Waals surface area contributed by atoms with Crippen LogP contribution >= 0.6 is 11.6 Å². The molecule has 2 aromatic carbocycles. The highest BCUT2D eigenvalue weighted by Gasteiger charge is 2.05. The fraction of sp³-hybridized carbons (Fsp3) is 0.188. The van der Waals surface area contributed by atoms with Gasteiger partial charge >= 0.3 is 0 Å².